The summed E-state index contributed by atoms with van der Waals surface area (Å²) in [5.41, 5.74) is 0.832. The Hall–Kier alpha value is -2.11. The lowest BCUT2D eigenvalue weighted by Gasteiger charge is -2.33. The van der Waals surface area contributed by atoms with Crippen molar-refractivity contribution in [1.29, 1.82) is 0 Å². The van der Waals surface area contributed by atoms with Crippen LogP contribution in [0, 0.1) is 11.7 Å². The first kappa shape index (κ1) is 15.3. The number of benzene rings is 1. The van der Waals surface area contributed by atoms with E-state index in [0.29, 0.717) is 25.9 Å². The Morgan fingerprint density at radius 1 is 1.38 bits per heavy atom. The van der Waals surface area contributed by atoms with Gasteiger partial charge in [0.05, 0.1) is 5.92 Å². The highest BCUT2D eigenvalue weighted by atomic mass is 19.1. The molecule has 2 rings (SSSR count). The fourth-order valence-corrected chi connectivity index (χ4v) is 2.53. The molecule has 2 amide bonds. The van der Waals surface area contributed by atoms with Crippen LogP contribution in [0.3, 0.4) is 0 Å². The molecule has 0 aromatic heterocycles. The molecule has 0 saturated carbocycles. The molecule has 0 radical (unpaired) electrons. The maximum Gasteiger partial charge on any atom is 0.320 e. The van der Waals surface area contributed by atoms with Gasteiger partial charge in [0, 0.05) is 26.7 Å². The molecule has 1 heterocycles. The molecule has 6 heteroatoms. The van der Waals surface area contributed by atoms with Crippen LogP contribution in [-0.4, -0.2) is 47.0 Å². The van der Waals surface area contributed by atoms with Gasteiger partial charge in [-0.3, -0.25) is 4.79 Å². The Labute approximate surface area is 123 Å². The Bertz CT molecular complexity index is 518. The van der Waals surface area contributed by atoms with E-state index in [4.69, 9.17) is 5.11 Å². The Kier molecular flexibility index (Phi) is 4.77. The maximum absolute atomic E-state index is 12.8. The van der Waals surface area contributed by atoms with E-state index in [9.17, 15) is 14.0 Å². The highest BCUT2D eigenvalue weighted by Crippen LogP contribution is 2.18. The van der Waals surface area contributed by atoms with Crippen LogP contribution in [0.25, 0.3) is 0 Å². The number of aliphatic carboxylic acids is 1. The van der Waals surface area contributed by atoms with Crippen LogP contribution in [0.2, 0.25) is 0 Å². The van der Waals surface area contributed by atoms with Crippen molar-refractivity contribution in [2.45, 2.75) is 19.4 Å². The summed E-state index contributed by atoms with van der Waals surface area (Å²) < 4.78 is 12.8. The lowest BCUT2D eigenvalue weighted by molar-refractivity contribution is -0.143. The number of carbonyl (C=O) groups excluding carboxylic acids is 1. The molecule has 1 atom stereocenters. The van der Waals surface area contributed by atoms with Gasteiger partial charge < -0.3 is 14.9 Å². The van der Waals surface area contributed by atoms with Gasteiger partial charge in [-0.1, -0.05) is 12.1 Å². The lowest BCUT2D eigenvalue weighted by Crippen LogP contribution is -2.47. The molecule has 1 N–H and O–H groups in total. The molecule has 1 aromatic carbocycles. The second-order valence-electron chi connectivity index (χ2n) is 5.39. The van der Waals surface area contributed by atoms with Crippen molar-refractivity contribution in [3.63, 3.8) is 0 Å². The van der Waals surface area contributed by atoms with E-state index in [-0.39, 0.29) is 18.4 Å². The summed E-state index contributed by atoms with van der Waals surface area (Å²) in [5.74, 6) is -1.65. The number of carbonyl (C=O) groups is 2. The van der Waals surface area contributed by atoms with E-state index < -0.39 is 11.9 Å². The fourth-order valence-electron chi connectivity index (χ4n) is 2.53. The average molecular weight is 294 g/mol. The van der Waals surface area contributed by atoms with E-state index >= 15 is 0 Å². The van der Waals surface area contributed by atoms with Crippen molar-refractivity contribution in [2.24, 2.45) is 5.92 Å². The van der Waals surface area contributed by atoms with Crippen LogP contribution >= 0.6 is 0 Å². The maximum atomic E-state index is 12.8. The number of nitrogens with zero attached hydrogens (tertiary/aromatic N) is 2. The summed E-state index contributed by atoms with van der Waals surface area (Å²) >= 11 is 0. The standard InChI is InChI=1S/C15H19FN2O3/c1-17(9-11-4-6-13(16)7-5-11)15(21)18-8-2-3-12(10-18)14(19)20/h4-7,12H,2-3,8-10H2,1H3,(H,19,20). The number of urea groups is 1. The number of amides is 2. The van der Waals surface area contributed by atoms with Crippen molar-refractivity contribution in [3.8, 4) is 0 Å². The summed E-state index contributed by atoms with van der Waals surface area (Å²) in [6.07, 6.45) is 1.31. The molecule has 114 valence electrons. The van der Waals surface area contributed by atoms with E-state index in [0.717, 1.165) is 5.56 Å². The fraction of sp³-hybridized carbons (Fsp3) is 0.467. The third-order valence-electron chi connectivity index (χ3n) is 3.70. The van der Waals surface area contributed by atoms with Crippen molar-refractivity contribution in [2.75, 3.05) is 20.1 Å². The number of hydrogen-bond acceptors (Lipinski definition) is 2. The molecule has 0 aliphatic carbocycles. The molecule has 0 bridgehead atoms. The SMILES string of the molecule is CN(Cc1ccc(F)cc1)C(=O)N1CCCC(C(=O)O)C1. The molecule has 5 nitrogen and oxygen atoms in total. The van der Waals surface area contributed by atoms with Crippen LogP contribution in [0.1, 0.15) is 18.4 Å². The van der Waals surface area contributed by atoms with Gasteiger partial charge in [-0.15, -0.1) is 0 Å². The van der Waals surface area contributed by atoms with E-state index in [2.05, 4.69) is 0 Å². The van der Waals surface area contributed by atoms with Crippen LogP contribution in [-0.2, 0) is 11.3 Å². The second kappa shape index (κ2) is 6.56. The Morgan fingerprint density at radius 3 is 2.67 bits per heavy atom. The largest absolute Gasteiger partial charge is 0.481 e. The predicted molar refractivity (Wildman–Crippen MR) is 75.2 cm³/mol. The number of rotatable bonds is 3. The number of likely N-dealkylation sites (tertiary alicyclic amines) is 1. The quantitative estimate of drug-likeness (QED) is 0.929. The number of piperidine rings is 1. The highest BCUT2D eigenvalue weighted by Gasteiger charge is 2.29. The first-order valence-corrected chi connectivity index (χ1v) is 6.94. The van der Waals surface area contributed by atoms with Crippen LogP contribution in [0.5, 0.6) is 0 Å². The Balaban J connectivity index is 1.95. The van der Waals surface area contributed by atoms with Crippen LogP contribution < -0.4 is 0 Å². The van der Waals surface area contributed by atoms with Gasteiger partial charge in [0.25, 0.3) is 0 Å². The topological polar surface area (TPSA) is 60.9 Å². The number of carboxylic acids is 1. The minimum absolute atomic E-state index is 0.190. The molecular weight excluding hydrogens is 275 g/mol. The van der Waals surface area contributed by atoms with Gasteiger partial charge >= 0.3 is 12.0 Å². The van der Waals surface area contributed by atoms with Gasteiger partial charge in [-0.25, -0.2) is 9.18 Å². The van der Waals surface area contributed by atoms with E-state index in [1.54, 1.807) is 24.1 Å². The molecule has 1 aromatic rings. The first-order chi connectivity index (χ1) is 9.97. The predicted octanol–water partition coefficient (Wildman–Crippen LogP) is 2.17. The zero-order valence-corrected chi connectivity index (χ0v) is 12.0. The van der Waals surface area contributed by atoms with Crippen LogP contribution in [0.4, 0.5) is 9.18 Å². The summed E-state index contributed by atoms with van der Waals surface area (Å²) in [7, 11) is 1.66. The van der Waals surface area contributed by atoms with Crippen molar-refractivity contribution in [1.82, 2.24) is 9.80 Å². The van der Waals surface area contributed by atoms with Crippen LogP contribution in [0.15, 0.2) is 24.3 Å². The van der Waals surface area contributed by atoms with E-state index in [1.807, 2.05) is 0 Å². The first-order valence-electron chi connectivity index (χ1n) is 6.94. The third kappa shape index (κ3) is 3.93. The molecule has 1 fully saturated rings. The van der Waals surface area contributed by atoms with Crippen molar-refractivity contribution < 1.29 is 19.1 Å². The summed E-state index contributed by atoms with van der Waals surface area (Å²) in [5, 5.41) is 9.05. The zero-order chi connectivity index (χ0) is 15.4. The molecule has 1 saturated heterocycles. The number of halogens is 1. The summed E-state index contributed by atoms with van der Waals surface area (Å²) in [6.45, 7) is 1.20. The molecule has 1 aliphatic heterocycles. The smallest absolute Gasteiger partial charge is 0.320 e. The molecule has 1 unspecified atom stereocenters. The summed E-state index contributed by atoms with van der Waals surface area (Å²) in [4.78, 5) is 26.5. The summed E-state index contributed by atoms with van der Waals surface area (Å²) in [6, 6.07) is 5.79. The third-order valence-corrected chi connectivity index (χ3v) is 3.70. The van der Waals surface area contributed by atoms with Gasteiger partial charge in [-0.05, 0) is 30.5 Å². The minimum atomic E-state index is -0.853. The second-order valence-corrected chi connectivity index (χ2v) is 5.39. The molecular formula is C15H19FN2O3. The lowest BCUT2D eigenvalue weighted by atomic mass is 9.99. The minimum Gasteiger partial charge on any atom is -0.481 e. The van der Waals surface area contributed by atoms with Crippen molar-refractivity contribution in [3.05, 3.63) is 35.6 Å². The van der Waals surface area contributed by atoms with E-state index in [1.165, 1.54) is 17.0 Å². The van der Waals surface area contributed by atoms with Gasteiger partial charge in [0.2, 0.25) is 0 Å². The molecule has 0 spiro atoms. The highest BCUT2D eigenvalue weighted by molar-refractivity contribution is 5.76. The zero-order valence-electron chi connectivity index (χ0n) is 12.0. The molecule has 1 aliphatic rings. The average Bonchev–Trinajstić information content (AvgIpc) is 2.49. The van der Waals surface area contributed by atoms with Gasteiger partial charge in [0.1, 0.15) is 5.82 Å². The normalized spacial score (nSPS) is 18.4. The number of carboxylic acid groups (broad SMARTS) is 1. The monoisotopic (exact) mass is 294 g/mol. The Morgan fingerprint density at radius 2 is 2.05 bits per heavy atom. The van der Waals surface area contributed by atoms with Crippen molar-refractivity contribution >= 4 is 12.0 Å². The number of hydrogen-bond donors (Lipinski definition) is 1. The van der Waals surface area contributed by atoms with Gasteiger partial charge in [-0.2, -0.15) is 0 Å². The van der Waals surface area contributed by atoms with Gasteiger partial charge in [0.15, 0.2) is 0 Å². The molecule has 21 heavy (non-hydrogen) atoms.